The highest BCUT2D eigenvalue weighted by Gasteiger charge is 2.31. The van der Waals surface area contributed by atoms with Gasteiger partial charge in [0, 0.05) is 12.1 Å². The second kappa shape index (κ2) is 5.76. The Kier molecular flexibility index (Phi) is 4.07. The highest BCUT2D eigenvalue weighted by atomic mass is 79.9. The number of piperidine rings is 1. The molecule has 0 spiro atoms. The Balaban J connectivity index is 1.67. The Morgan fingerprint density at radius 3 is 2.94 bits per heavy atom. The summed E-state index contributed by atoms with van der Waals surface area (Å²) in [6.45, 7) is 3.36. The first kappa shape index (κ1) is 12.7. The zero-order chi connectivity index (χ0) is 12.4. The average Bonchev–Trinajstić information content (AvgIpc) is 3.02. The van der Waals surface area contributed by atoms with E-state index in [2.05, 4.69) is 32.2 Å². The van der Waals surface area contributed by atoms with E-state index < -0.39 is 0 Å². The Bertz CT molecular complexity index is 387. The van der Waals surface area contributed by atoms with Gasteiger partial charge >= 0.3 is 0 Å². The molecule has 0 aromatic carbocycles. The summed E-state index contributed by atoms with van der Waals surface area (Å²) in [5.41, 5.74) is 0. The lowest BCUT2D eigenvalue weighted by atomic mass is 9.94. The number of furan rings is 1. The van der Waals surface area contributed by atoms with E-state index in [9.17, 15) is 0 Å². The molecule has 1 N–H and O–H groups in total. The molecule has 2 fully saturated rings. The molecule has 3 nitrogen and oxygen atoms in total. The fourth-order valence-electron chi connectivity index (χ4n) is 3.35. The Morgan fingerprint density at radius 2 is 2.22 bits per heavy atom. The molecule has 2 saturated heterocycles. The topological polar surface area (TPSA) is 28.4 Å². The minimum Gasteiger partial charge on any atom is -0.453 e. The minimum atomic E-state index is 0.698. The lowest BCUT2D eigenvalue weighted by Crippen LogP contribution is -2.49. The lowest BCUT2D eigenvalue weighted by molar-refractivity contribution is 0.104. The lowest BCUT2D eigenvalue weighted by Gasteiger charge is -2.38. The third kappa shape index (κ3) is 2.81. The van der Waals surface area contributed by atoms with Crippen LogP contribution >= 0.6 is 15.9 Å². The van der Waals surface area contributed by atoms with Crippen molar-refractivity contribution < 1.29 is 4.42 Å². The van der Waals surface area contributed by atoms with Crippen LogP contribution in [0.5, 0.6) is 0 Å². The molecule has 100 valence electrons. The SMILES string of the molecule is Brc1ccc(CN2CCCCC2C2CCCN2)o1. The van der Waals surface area contributed by atoms with Gasteiger partial charge in [-0.1, -0.05) is 6.42 Å². The molecule has 2 atom stereocenters. The first-order valence-corrected chi connectivity index (χ1v) is 7.84. The molecule has 1 aromatic rings. The Morgan fingerprint density at radius 1 is 1.28 bits per heavy atom. The van der Waals surface area contributed by atoms with Gasteiger partial charge in [0.25, 0.3) is 0 Å². The van der Waals surface area contributed by atoms with E-state index in [1.165, 1.54) is 45.2 Å². The molecule has 0 radical (unpaired) electrons. The standard InChI is InChI=1S/C14H21BrN2O/c15-14-7-6-11(18-14)10-17-9-2-1-5-13(17)12-4-3-8-16-12/h6-7,12-13,16H,1-5,8-10H2. The molecular formula is C14H21BrN2O. The number of nitrogens with one attached hydrogen (secondary N) is 1. The van der Waals surface area contributed by atoms with E-state index >= 15 is 0 Å². The summed E-state index contributed by atoms with van der Waals surface area (Å²) in [5, 5.41) is 3.67. The van der Waals surface area contributed by atoms with Gasteiger partial charge in [-0.3, -0.25) is 4.90 Å². The predicted octanol–water partition coefficient (Wildman–Crippen LogP) is 3.15. The molecule has 0 amide bonds. The van der Waals surface area contributed by atoms with Crippen LogP contribution < -0.4 is 5.32 Å². The highest BCUT2D eigenvalue weighted by Crippen LogP contribution is 2.26. The van der Waals surface area contributed by atoms with Crippen LogP contribution in [-0.2, 0) is 6.54 Å². The summed E-state index contributed by atoms with van der Waals surface area (Å²) in [5.74, 6) is 1.08. The van der Waals surface area contributed by atoms with Crippen molar-refractivity contribution in [2.45, 2.75) is 50.7 Å². The second-order valence-electron chi connectivity index (χ2n) is 5.44. The summed E-state index contributed by atoms with van der Waals surface area (Å²) >= 11 is 3.38. The molecule has 1 aromatic heterocycles. The van der Waals surface area contributed by atoms with Gasteiger partial charge in [0.05, 0.1) is 6.54 Å². The smallest absolute Gasteiger partial charge is 0.169 e. The maximum absolute atomic E-state index is 5.65. The largest absolute Gasteiger partial charge is 0.453 e. The van der Waals surface area contributed by atoms with Gasteiger partial charge in [-0.05, 0) is 66.8 Å². The van der Waals surface area contributed by atoms with Crippen molar-refractivity contribution in [3.63, 3.8) is 0 Å². The van der Waals surface area contributed by atoms with Gasteiger partial charge in [-0.2, -0.15) is 0 Å². The number of likely N-dealkylation sites (tertiary alicyclic amines) is 1. The molecule has 0 bridgehead atoms. The van der Waals surface area contributed by atoms with Crippen molar-refractivity contribution in [3.8, 4) is 0 Å². The van der Waals surface area contributed by atoms with Crippen molar-refractivity contribution in [2.75, 3.05) is 13.1 Å². The summed E-state index contributed by atoms with van der Waals surface area (Å²) < 4.78 is 6.49. The van der Waals surface area contributed by atoms with Crippen LogP contribution in [-0.4, -0.2) is 30.1 Å². The van der Waals surface area contributed by atoms with E-state index in [0.29, 0.717) is 12.1 Å². The number of hydrogen-bond donors (Lipinski definition) is 1. The van der Waals surface area contributed by atoms with Crippen molar-refractivity contribution >= 4 is 15.9 Å². The van der Waals surface area contributed by atoms with Crippen LogP contribution in [0.3, 0.4) is 0 Å². The number of hydrogen-bond acceptors (Lipinski definition) is 3. The third-order valence-electron chi connectivity index (χ3n) is 4.21. The molecule has 2 unspecified atom stereocenters. The summed E-state index contributed by atoms with van der Waals surface area (Å²) in [7, 11) is 0. The number of nitrogens with zero attached hydrogens (tertiary/aromatic N) is 1. The maximum atomic E-state index is 5.65. The highest BCUT2D eigenvalue weighted by molar-refractivity contribution is 9.10. The van der Waals surface area contributed by atoms with Crippen LogP contribution in [0.4, 0.5) is 0 Å². The van der Waals surface area contributed by atoms with E-state index in [1.54, 1.807) is 0 Å². The van der Waals surface area contributed by atoms with Crippen LogP contribution in [0.25, 0.3) is 0 Å². The number of halogens is 1. The van der Waals surface area contributed by atoms with Gasteiger partial charge < -0.3 is 9.73 Å². The van der Waals surface area contributed by atoms with Gasteiger partial charge in [-0.15, -0.1) is 0 Å². The molecule has 0 aliphatic carbocycles. The molecule has 2 aliphatic heterocycles. The second-order valence-corrected chi connectivity index (χ2v) is 6.22. The number of rotatable bonds is 3. The molecular weight excluding hydrogens is 292 g/mol. The monoisotopic (exact) mass is 312 g/mol. The zero-order valence-electron chi connectivity index (χ0n) is 10.7. The van der Waals surface area contributed by atoms with Crippen LogP contribution in [0, 0.1) is 0 Å². The van der Waals surface area contributed by atoms with Crippen molar-refractivity contribution in [3.05, 3.63) is 22.6 Å². The van der Waals surface area contributed by atoms with Gasteiger partial charge in [-0.25, -0.2) is 0 Å². The Hall–Kier alpha value is -0.320. The fraction of sp³-hybridized carbons (Fsp3) is 0.714. The van der Waals surface area contributed by atoms with E-state index in [0.717, 1.165) is 17.0 Å². The predicted molar refractivity (Wildman–Crippen MR) is 75.5 cm³/mol. The van der Waals surface area contributed by atoms with Gasteiger partial charge in [0.15, 0.2) is 4.67 Å². The maximum Gasteiger partial charge on any atom is 0.169 e. The average molecular weight is 313 g/mol. The quantitative estimate of drug-likeness (QED) is 0.929. The third-order valence-corrected chi connectivity index (χ3v) is 4.64. The normalized spacial score (nSPS) is 29.8. The minimum absolute atomic E-state index is 0.698. The molecule has 0 saturated carbocycles. The van der Waals surface area contributed by atoms with Crippen LogP contribution in [0.15, 0.2) is 21.2 Å². The molecule has 3 heterocycles. The molecule has 4 heteroatoms. The van der Waals surface area contributed by atoms with Crippen LogP contribution in [0.2, 0.25) is 0 Å². The molecule has 2 aliphatic rings. The zero-order valence-corrected chi connectivity index (χ0v) is 12.3. The molecule has 3 rings (SSSR count). The first-order chi connectivity index (χ1) is 8.83. The van der Waals surface area contributed by atoms with Gasteiger partial charge in [0.1, 0.15) is 5.76 Å². The van der Waals surface area contributed by atoms with Crippen LogP contribution in [0.1, 0.15) is 37.9 Å². The fourth-order valence-corrected chi connectivity index (χ4v) is 3.69. The van der Waals surface area contributed by atoms with E-state index in [1.807, 2.05) is 6.07 Å². The first-order valence-electron chi connectivity index (χ1n) is 7.04. The van der Waals surface area contributed by atoms with E-state index in [4.69, 9.17) is 4.42 Å². The summed E-state index contributed by atoms with van der Waals surface area (Å²) in [4.78, 5) is 2.61. The molecule has 18 heavy (non-hydrogen) atoms. The van der Waals surface area contributed by atoms with Crippen molar-refractivity contribution in [1.82, 2.24) is 10.2 Å². The summed E-state index contributed by atoms with van der Waals surface area (Å²) in [6.07, 6.45) is 6.70. The van der Waals surface area contributed by atoms with E-state index in [-0.39, 0.29) is 0 Å². The Labute approximate surface area is 117 Å². The van der Waals surface area contributed by atoms with Crippen molar-refractivity contribution in [1.29, 1.82) is 0 Å². The van der Waals surface area contributed by atoms with Gasteiger partial charge in [0.2, 0.25) is 0 Å². The summed E-state index contributed by atoms with van der Waals surface area (Å²) in [6, 6.07) is 5.47. The van der Waals surface area contributed by atoms with Crippen molar-refractivity contribution in [2.24, 2.45) is 0 Å².